The van der Waals surface area contributed by atoms with Crippen molar-refractivity contribution in [1.82, 2.24) is 0 Å². The number of hydrogen-bond acceptors (Lipinski definition) is 7. The van der Waals surface area contributed by atoms with Crippen LogP contribution in [0.3, 0.4) is 0 Å². The normalized spacial score (nSPS) is 37.4. The molecule has 1 spiro atoms. The number of ether oxygens (including phenoxy) is 3. The summed E-state index contributed by atoms with van der Waals surface area (Å²) in [5.74, 6) is -0.424. The standard InChI is InChI=1S/C21H32O7/c1-5-7-13(23)8-6-9-14-15(11-26-12(2)22)18-21(19(28-21)17(14)25)10-16(24)20(3,4)27-18/h6,9,13,16-19,23-25H,5,7-8,10-11H2,1-4H3/b9-6+/t13-,16-,17+,18-,19-,21+/m0/s1. The molecule has 0 saturated carbocycles. The largest absolute Gasteiger partial charge is 0.461 e. The van der Waals surface area contributed by atoms with Crippen LogP contribution in [0.25, 0.3) is 0 Å². The Hall–Kier alpha value is -1.25. The fraction of sp³-hybridized carbons (Fsp3) is 0.762. The van der Waals surface area contributed by atoms with Gasteiger partial charge in [-0.1, -0.05) is 25.5 Å². The lowest BCUT2D eigenvalue weighted by atomic mass is 9.72. The average Bonchev–Trinajstić information content (AvgIpc) is 3.32. The zero-order chi connectivity index (χ0) is 20.7. The number of epoxide rings is 1. The molecule has 0 aromatic rings. The van der Waals surface area contributed by atoms with Crippen molar-refractivity contribution in [2.75, 3.05) is 6.61 Å². The molecule has 1 aliphatic carbocycles. The molecule has 0 unspecified atom stereocenters. The van der Waals surface area contributed by atoms with Crippen LogP contribution in [-0.4, -0.2) is 69.6 Å². The Labute approximate surface area is 166 Å². The van der Waals surface area contributed by atoms with E-state index in [-0.39, 0.29) is 6.61 Å². The molecule has 0 amide bonds. The SMILES string of the molecule is CCC[C@H](O)C/C=C/C1=C(COC(C)=O)[C@@H]2OC(C)(C)[C@@H](O)C[C@@]23O[C@H]3[C@@H]1O. The molecule has 3 rings (SSSR count). The number of rotatable bonds is 7. The van der Waals surface area contributed by atoms with Crippen LogP contribution in [0.15, 0.2) is 23.3 Å². The second-order valence-corrected chi connectivity index (χ2v) is 8.60. The molecule has 0 aromatic carbocycles. The second kappa shape index (κ2) is 7.88. The van der Waals surface area contributed by atoms with E-state index in [9.17, 15) is 20.1 Å². The minimum Gasteiger partial charge on any atom is -0.461 e. The van der Waals surface area contributed by atoms with Gasteiger partial charge in [0.2, 0.25) is 0 Å². The zero-order valence-electron chi connectivity index (χ0n) is 17.1. The summed E-state index contributed by atoms with van der Waals surface area (Å²) in [5, 5.41) is 31.3. The van der Waals surface area contributed by atoms with Crippen molar-refractivity contribution >= 4 is 5.97 Å². The van der Waals surface area contributed by atoms with E-state index in [4.69, 9.17) is 14.2 Å². The minimum absolute atomic E-state index is 0.0156. The van der Waals surface area contributed by atoms with Gasteiger partial charge in [-0.05, 0) is 32.3 Å². The maximum atomic E-state index is 11.4. The first-order valence-corrected chi connectivity index (χ1v) is 10.0. The molecule has 2 fully saturated rings. The Morgan fingerprint density at radius 2 is 2.07 bits per heavy atom. The third-order valence-electron chi connectivity index (χ3n) is 6.00. The highest BCUT2D eigenvalue weighted by molar-refractivity contribution is 5.66. The molecular weight excluding hydrogens is 364 g/mol. The number of aliphatic hydroxyl groups is 3. The third kappa shape index (κ3) is 3.91. The molecule has 2 heterocycles. The summed E-state index contributed by atoms with van der Waals surface area (Å²) in [5.41, 5.74) is -0.330. The molecule has 158 valence electrons. The van der Waals surface area contributed by atoms with Crippen molar-refractivity contribution < 1.29 is 34.3 Å². The lowest BCUT2D eigenvalue weighted by Crippen LogP contribution is -2.59. The van der Waals surface area contributed by atoms with E-state index < -0.39 is 47.7 Å². The Balaban J connectivity index is 1.91. The van der Waals surface area contributed by atoms with E-state index in [1.807, 2.05) is 26.8 Å². The average molecular weight is 396 g/mol. The van der Waals surface area contributed by atoms with Crippen molar-refractivity contribution in [3.63, 3.8) is 0 Å². The first kappa shape index (κ1) is 21.5. The van der Waals surface area contributed by atoms with Crippen LogP contribution >= 0.6 is 0 Å². The number of carbonyl (C=O) groups excluding carboxylic acids is 1. The van der Waals surface area contributed by atoms with Gasteiger partial charge in [-0.2, -0.15) is 0 Å². The van der Waals surface area contributed by atoms with Crippen molar-refractivity contribution in [3.05, 3.63) is 23.3 Å². The fourth-order valence-electron chi connectivity index (χ4n) is 4.26. The van der Waals surface area contributed by atoms with Crippen LogP contribution in [0.4, 0.5) is 0 Å². The van der Waals surface area contributed by atoms with Crippen LogP contribution in [0.1, 0.15) is 53.4 Å². The Morgan fingerprint density at radius 1 is 1.36 bits per heavy atom. The molecule has 6 atom stereocenters. The molecule has 2 saturated heterocycles. The van der Waals surface area contributed by atoms with Crippen LogP contribution in [0, 0.1) is 0 Å². The molecule has 0 radical (unpaired) electrons. The lowest BCUT2D eigenvalue weighted by Gasteiger charge is -2.46. The van der Waals surface area contributed by atoms with Crippen LogP contribution < -0.4 is 0 Å². The molecule has 0 aromatic heterocycles. The summed E-state index contributed by atoms with van der Waals surface area (Å²) in [6, 6.07) is 0. The molecule has 28 heavy (non-hydrogen) atoms. The van der Waals surface area contributed by atoms with Gasteiger partial charge in [-0.3, -0.25) is 4.79 Å². The minimum atomic E-state index is -0.904. The van der Waals surface area contributed by atoms with E-state index in [0.29, 0.717) is 30.4 Å². The van der Waals surface area contributed by atoms with Gasteiger partial charge in [0.15, 0.2) is 0 Å². The summed E-state index contributed by atoms with van der Waals surface area (Å²) in [7, 11) is 0. The lowest BCUT2D eigenvalue weighted by molar-refractivity contribution is -0.191. The number of esters is 1. The van der Waals surface area contributed by atoms with Crippen LogP contribution in [-0.2, 0) is 19.0 Å². The fourth-order valence-corrected chi connectivity index (χ4v) is 4.26. The van der Waals surface area contributed by atoms with Gasteiger partial charge in [0.25, 0.3) is 0 Å². The Kier molecular flexibility index (Phi) is 6.04. The molecular formula is C21H32O7. The van der Waals surface area contributed by atoms with Crippen molar-refractivity contribution in [1.29, 1.82) is 0 Å². The van der Waals surface area contributed by atoms with E-state index in [0.717, 1.165) is 6.42 Å². The Morgan fingerprint density at radius 3 is 2.71 bits per heavy atom. The second-order valence-electron chi connectivity index (χ2n) is 8.60. The number of aliphatic hydroxyl groups excluding tert-OH is 3. The molecule has 0 bridgehead atoms. The van der Waals surface area contributed by atoms with Gasteiger partial charge in [-0.25, -0.2) is 0 Å². The first-order valence-electron chi connectivity index (χ1n) is 10.0. The van der Waals surface area contributed by atoms with Crippen molar-refractivity contribution in [3.8, 4) is 0 Å². The topological polar surface area (TPSA) is 109 Å². The van der Waals surface area contributed by atoms with Gasteiger partial charge in [-0.15, -0.1) is 0 Å². The van der Waals surface area contributed by atoms with Gasteiger partial charge in [0.1, 0.15) is 30.5 Å². The van der Waals surface area contributed by atoms with E-state index >= 15 is 0 Å². The highest BCUT2D eigenvalue weighted by Crippen LogP contribution is 2.58. The third-order valence-corrected chi connectivity index (χ3v) is 6.00. The predicted molar refractivity (Wildman–Crippen MR) is 102 cm³/mol. The first-order chi connectivity index (χ1) is 13.1. The van der Waals surface area contributed by atoms with Gasteiger partial charge >= 0.3 is 5.97 Å². The summed E-state index contributed by atoms with van der Waals surface area (Å²) in [4.78, 5) is 11.4. The molecule has 7 nitrogen and oxygen atoms in total. The summed E-state index contributed by atoms with van der Waals surface area (Å²) >= 11 is 0. The maximum Gasteiger partial charge on any atom is 0.302 e. The van der Waals surface area contributed by atoms with Gasteiger partial charge in [0.05, 0.1) is 17.8 Å². The highest BCUT2D eigenvalue weighted by Gasteiger charge is 2.72. The predicted octanol–water partition coefficient (Wildman–Crippen LogP) is 1.39. The van der Waals surface area contributed by atoms with Crippen molar-refractivity contribution in [2.45, 2.75) is 95.1 Å². The number of hydrogen-bond donors (Lipinski definition) is 3. The molecule has 3 N–H and O–H groups in total. The summed E-state index contributed by atoms with van der Waals surface area (Å²) in [6.45, 7) is 6.95. The Bertz CT molecular complexity index is 668. The van der Waals surface area contributed by atoms with E-state index in [1.54, 1.807) is 6.08 Å². The summed E-state index contributed by atoms with van der Waals surface area (Å²) < 4.78 is 17.3. The van der Waals surface area contributed by atoms with E-state index in [1.165, 1.54) is 6.92 Å². The zero-order valence-corrected chi connectivity index (χ0v) is 17.1. The molecule has 7 heteroatoms. The molecule has 3 aliphatic rings. The quantitative estimate of drug-likeness (QED) is 0.441. The van der Waals surface area contributed by atoms with E-state index in [2.05, 4.69) is 0 Å². The molecule has 2 aliphatic heterocycles. The summed E-state index contributed by atoms with van der Waals surface area (Å²) in [6.07, 6.45) is 2.97. The van der Waals surface area contributed by atoms with Gasteiger partial charge in [0, 0.05) is 18.9 Å². The highest BCUT2D eigenvalue weighted by atomic mass is 16.7. The van der Waals surface area contributed by atoms with Crippen molar-refractivity contribution in [2.24, 2.45) is 0 Å². The number of carbonyl (C=O) groups is 1. The van der Waals surface area contributed by atoms with Crippen LogP contribution in [0.5, 0.6) is 0 Å². The monoisotopic (exact) mass is 396 g/mol. The van der Waals surface area contributed by atoms with Gasteiger partial charge < -0.3 is 29.5 Å². The van der Waals surface area contributed by atoms with Crippen LogP contribution in [0.2, 0.25) is 0 Å². The maximum absolute atomic E-state index is 11.4. The smallest absolute Gasteiger partial charge is 0.302 e.